The van der Waals surface area contributed by atoms with Crippen LogP contribution in [0.3, 0.4) is 0 Å². The van der Waals surface area contributed by atoms with Crippen LogP contribution >= 0.6 is 0 Å². The van der Waals surface area contributed by atoms with Crippen molar-refractivity contribution in [2.75, 3.05) is 67.1 Å². The fraction of sp³-hybridized carbons (Fsp3) is 0.800. The lowest BCUT2D eigenvalue weighted by atomic mass is 9.86. The predicted octanol–water partition coefficient (Wildman–Crippen LogP) is 3.64. The van der Waals surface area contributed by atoms with Gasteiger partial charge < -0.3 is 23.7 Å². The van der Waals surface area contributed by atoms with E-state index < -0.39 is 0 Å². The molecule has 25 heavy (non-hydrogen) atoms. The van der Waals surface area contributed by atoms with Crippen molar-refractivity contribution in [1.82, 2.24) is 0 Å². The molecule has 1 atom stereocenters. The van der Waals surface area contributed by atoms with Gasteiger partial charge in [0, 0.05) is 14.2 Å². The van der Waals surface area contributed by atoms with E-state index in [0.717, 1.165) is 5.92 Å². The molecule has 0 amide bonds. The third-order valence-corrected chi connectivity index (χ3v) is 3.94. The molecule has 1 aliphatic carbocycles. The zero-order valence-electron chi connectivity index (χ0n) is 16.7. The monoisotopic (exact) mass is 358 g/mol. The highest BCUT2D eigenvalue weighted by Gasteiger charge is 2.11. The first kappa shape index (κ1) is 24.3. The van der Waals surface area contributed by atoms with E-state index in [9.17, 15) is 0 Å². The predicted molar refractivity (Wildman–Crippen MR) is 102 cm³/mol. The first-order valence-corrected chi connectivity index (χ1v) is 9.14. The Labute approximate surface area is 154 Å². The molecule has 0 spiro atoms. The minimum absolute atomic E-state index is 0.595. The van der Waals surface area contributed by atoms with Crippen LogP contribution in [0.4, 0.5) is 0 Å². The number of hydrogen-bond acceptors (Lipinski definition) is 5. The van der Waals surface area contributed by atoms with Gasteiger partial charge in [0.25, 0.3) is 0 Å². The van der Waals surface area contributed by atoms with Gasteiger partial charge in [0.05, 0.1) is 52.9 Å². The first-order valence-electron chi connectivity index (χ1n) is 9.14. The second kappa shape index (κ2) is 18.1. The number of rotatable bonds is 13. The summed E-state index contributed by atoms with van der Waals surface area (Å²) in [5.74, 6) is 0.767. The fourth-order valence-corrected chi connectivity index (χ4v) is 2.24. The first-order chi connectivity index (χ1) is 12.1. The molecule has 0 bridgehead atoms. The van der Waals surface area contributed by atoms with Gasteiger partial charge in [-0.1, -0.05) is 23.8 Å². The summed E-state index contributed by atoms with van der Waals surface area (Å²) in [6.45, 7) is 13.2. The van der Waals surface area contributed by atoms with Gasteiger partial charge >= 0.3 is 0 Å². The van der Waals surface area contributed by atoms with Crippen molar-refractivity contribution in [2.45, 2.75) is 33.1 Å². The molecule has 1 aliphatic rings. The molecule has 0 heterocycles. The normalized spacial score (nSPS) is 16.8. The van der Waals surface area contributed by atoms with Gasteiger partial charge in [0.2, 0.25) is 0 Å². The van der Waals surface area contributed by atoms with Crippen molar-refractivity contribution in [1.29, 1.82) is 0 Å². The van der Waals surface area contributed by atoms with E-state index in [1.165, 1.54) is 24.8 Å². The number of allylic oxidation sites excluding steroid dienone is 3. The van der Waals surface area contributed by atoms with Gasteiger partial charge in [-0.3, -0.25) is 0 Å². The smallest absolute Gasteiger partial charge is 0.0701 e. The standard InChI is InChI=1S/C10H22O5.C10H16/c1-11-3-5-13-7-9-15-10-8-14-6-4-12-2;1-8(2)10-6-4-9(3)5-7-10/h3-10H2,1-2H3;4,10H,1,5-7H2,2-3H3. The molecule has 5 nitrogen and oxygen atoms in total. The minimum Gasteiger partial charge on any atom is -0.382 e. The Kier molecular flexibility index (Phi) is 17.6. The van der Waals surface area contributed by atoms with Gasteiger partial charge in [-0.05, 0) is 39.0 Å². The van der Waals surface area contributed by atoms with E-state index in [1.807, 2.05) is 0 Å². The average Bonchev–Trinajstić information content (AvgIpc) is 2.61. The highest BCUT2D eigenvalue weighted by Crippen LogP contribution is 2.27. The molecule has 0 aromatic heterocycles. The highest BCUT2D eigenvalue weighted by molar-refractivity contribution is 5.09. The lowest BCUT2D eigenvalue weighted by molar-refractivity contribution is -0.00380. The van der Waals surface area contributed by atoms with Crippen LogP contribution in [0.2, 0.25) is 0 Å². The Bertz CT molecular complexity index is 329. The molecule has 0 saturated carbocycles. The Morgan fingerprint density at radius 2 is 1.36 bits per heavy atom. The van der Waals surface area contributed by atoms with Crippen molar-refractivity contribution < 1.29 is 23.7 Å². The summed E-state index contributed by atoms with van der Waals surface area (Å²) in [6, 6.07) is 0. The van der Waals surface area contributed by atoms with Crippen LogP contribution in [0.5, 0.6) is 0 Å². The van der Waals surface area contributed by atoms with E-state index in [1.54, 1.807) is 19.8 Å². The van der Waals surface area contributed by atoms with Crippen molar-refractivity contribution in [2.24, 2.45) is 5.92 Å². The zero-order valence-corrected chi connectivity index (χ0v) is 16.7. The lowest BCUT2D eigenvalue weighted by Crippen LogP contribution is -2.12. The van der Waals surface area contributed by atoms with Crippen LogP contribution in [-0.4, -0.2) is 67.1 Å². The summed E-state index contributed by atoms with van der Waals surface area (Å²) < 4.78 is 25.3. The summed E-state index contributed by atoms with van der Waals surface area (Å²) in [6.07, 6.45) is 6.17. The maximum absolute atomic E-state index is 5.26. The topological polar surface area (TPSA) is 46.2 Å². The second-order valence-corrected chi connectivity index (χ2v) is 6.19. The van der Waals surface area contributed by atoms with Crippen molar-refractivity contribution in [3.05, 3.63) is 23.8 Å². The summed E-state index contributed by atoms with van der Waals surface area (Å²) in [4.78, 5) is 0. The van der Waals surface area contributed by atoms with Crippen LogP contribution in [0.1, 0.15) is 33.1 Å². The third kappa shape index (κ3) is 16.5. The van der Waals surface area contributed by atoms with Crippen LogP contribution in [0.15, 0.2) is 23.8 Å². The van der Waals surface area contributed by atoms with Crippen LogP contribution in [0, 0.1) is 5.92 Å². The Hall–Kier alpha value is -0.720. The lowest BCUT2D eigenvalue weighted by Gasteiger charge is -2.19. The molecule has 0 fully saturated rings. The van der Waals surface area contributed by atoms with Crippen molar-refractivity contribution in [3.63, 3.8) is 0 Å². The van der Waals surface area contributed by atoms with Gasteiger partial charge in [-0.25, -0.2) is 0 Å². The Morgan fingerprint density at radius 1 is 0.920 bits per heavy atom. The minimum atomic E-state index is 0.595. The largest absolute Gasteiger partial charge is 0.382 e. The quantitative estimate of drug-likeness (QED) is 0.372. The van der Waals surface area contributed by atoms with Gasteiger partial charge in [-0.2, -0.15) is 0 Å². The molecule has 0 aromatic rings. The molecule has 5 heteroatoms. The van der Waals surface area contributed by atoms with E-state index in [2.05, 4.69) is 26.5 Å². The van der Waals surface area contributed by atoms with E-state index in [0.29, 0.717) is 52.9 Å². The van der Waals surface area contributed by atoms with E-state index >= 15 is 0 Å². The molecular weight excluding hydrogens is 320 g/mol. The average molecular weight is 359 g/mol. The summed E-state index contributed by atoms with van der Waals surface area (Å²) in [5, 5.41) is 0. The van der Waals surface area contributed by atoms with Crippen LogP contribution in [0.25, 0.3) is 0 Å². The fourth-order valence-electron chi connectivity index (χ4n) is 2.24. The molecule has 0 saturated heterocycles. The number of methoxy groups -OCH3 is 2. The Balaban J connectivity index is 0.000000496. The van der Waals surface area contributed by atoms with Gasteiger partial charge in [0.15, 0.2) is 0 Å². The van der Waals surface area contributed by atoms with Gasteiger partial charge in [0.1, 0.15) is 0 Å². The molecule has 0 radical (unpaired) electrons. The highest BCUT2D eigenvalue weighted by atomic mass is 16.6. The summed E-state index contributed by atoms with van der Waals surface area (Å²) >= 11 is 0. The number of ether oxygens (including phenoxy) is 5. The molecule has 0 aromatic carbocycles. The van der Waals surface area contributed by atoms with E-state index in [4.69, 9.17) is 23.7 Å². The maximum Gasteiger partial charge on any atom is 0.0701 e. The molecule has 1 unspecified atom stereocenters. The van der Waals surface area contributed by atoms with Crippen LogP contribution < -0.4 is 0 Å². The molecular formula is C20H38O5. The zero-order chi connectivity index (χ0) is 18.8. The van der Waals surface area contributed by atoms with Crippen molar-refractivity contribution in [3.8, 4) is 0 Å². The maximum atomic E-state index is 5.26. The van der Waals surface area contributed by atoms with E-state index in [-0.39, 0.29) is 0 Å². The summed E-state index contributed by atoms with van der Waals surface area (Å²) in [5.41, 5.74) is 2.90. The molecule has 0 N–H and O–H groups in total. The van der Waals surface area contributed by atoms with Crippen LogP contribution in [-0.2, 0) is 23.7 Å². The SMILES string of the molecule is C=C(C)C1CC=C(C)CC1.COCCOCCOCCOCCOC. The third-order valence-electron chi connectivity index (χ3n) is 3.94. The second-order valence-electron chi connectivity index (χ2n) is 6.19. The molecule has 0 aliphatic heterocycles. The molecule has 148 valence electrons. The van der Waals surface area contributed by atoms with Gasteiger partial charge in [-0.15, -0.1) is 0 Å². The molecule has 1 rings (SSSR count). The summed E-state index contributed by atoms with van der Waals surface area (Å²) in [7, 11) is 3.30. The van der Waals surface area contributed by atoms with Crippen molar-refractivity contribution >= 4 is 0 Å². The number of hydrogen-bond donors (Lipinski definition) is 0. The Morgan fingerprint density at radius 3 is 1.68 bits per heavy atom.